The lowest BCUT2D eigenvalue weighted by atomic mass is 9.90. The van der Waals surface area contributed by atoms with Crippen molar-refractivity contribution in [3.05, 3.63) is 28.8 Å². The van der Waals surface area contributed by atoms with E-state index in [1.165, 1.54) is 0 Å². The van der Waals surface area contributed by atoms with Gasteiger partial charge in [-0.15, -0.1) is 0 Å². The second-order valence-electron chi connectivity index (χ2n) is 5.44. The molecule has 114 valence electrons. The van der Waals surface area contributed by atoms with Gasteiger partial charge in [0.2, 0.25) is 5.91 Å². The SMILES string of the molecule is CNC(=O)c1ccc(Cl)c(NC(=O)C2(C)CCCCN2)c1. The van der Waals surface area contributed by atoms with Crippen LogP contribution in [0.1, 0.15) is 36.5 Å². The summed E-state index contributed by atoms with van der Waals surface area (Å²) in [4.78, 5) is 24.1. The Labute approximate surface area is 129 Å². The number of hydrogen-bond donors (Lipinski definition) is 3. The van der Waals surface area contributed by atoms with Gasteiger partial charge in [0.25, 0.3) is 5.91 Å². The molecule has 5 nitrogen and oxygen atoms in total. The zero-order valence-electron chi connectivity index (χ0n) is 12.3. The molecule has 1 atom stereocenters. The molecular formula is C15H20ClN3O2. The monoisotopic (exact) mass is 309 g/mol. The molecule has 1 unspecified atom stereocenters. The molecule has 1 aromatic rings. The highest BCUT2D eigenvalue weighted by molar-refractivity contribution is 6.34. The van der Waals surface area contributed by atoms with E-state index in [9.17, 15) is 9.59 Å². The predicted octanol–water partition coefficient (Wildman–Crippen LogP) is 2.17. The van der Waals surface area contributed by atoms with Crippen LogP contribution in [0, 0.1) is 0 Å². The van der Waals surface area contributed by atoms with Gasteiger partial charge in [-0.25, -0.2) is 0 Å². The number of hydrogen-bond acceptors (Lipinski definition) is 3. The van der Waals surface area contributed by atoms with E-state index < -0.39 is 5.54 Å². The Morgan fingerprint density at radius 1 is 1.33 bits per heavy atom. The molecule has 1 aromatic carbocycles. The molecule has 0 spiro atoms. The second kappa shape index (κ2) is 6.45. The van der Waals surface area contributed by atoms with Crippen LogP contribution < -0.4 is 16.0 Å². The number of piperidine rings is 1. The topological polar surface area (TPSA) is 70.2 Å². The van der Waals surface area contributed by atoms with Crippen molar-refractivity contribution in [1.82, 2.24) is 10.6 Å². The summed E-state index contributed by atoms with van der Waals surface area (Å²) >= 11 is 6.11. The summed E-state index contributed by atoms with van der Waals surface area (Å²) in [7, 11) is 1.56. The third-order valence-corrected chi connectivity index (χ3v) is 4.15. The molecule has 1 aliphatic heterocycles. The van der Waals surface area contributed by atoms with E-state index in [2.05, 4.69) is 16.0 Å². The van der Waals surface area contributed by atoms with Gasteiger partial charge < -0.3 is 16.0 Å². The Morgan fingerprint density at radius 2 is 2.10 bits per heavy atom. The van der Waals surface area contributed by atoms with Crippen LogP contribution in [0.4, 0.5) is 5.69 Å². The highest BCUT2D eigenvalue weighted by Crippen LogP contribution is 2.26. The van der Waals surface area contributed by atoms with Crippen LogP contribution in [-0.4, -0.2) is 30.9 Å². The maximum absolute atomic E-state index is 12.5. The van der Waals surface area contributed by atoms with Crippen molar-refractivity contribution in [2.24, 2.45) is 0 Å². The first kappa shape index (κ1) is 15.8. The summed E-state index contributed by atoms with van der Waals surface area (Å²) in [5, 5.41) is 9.03. The van der Waals surface area contributed by atoms with Crippen molar-refractivity contribution in [1.29, 1.82) is 0 Å². The van der Waals surface area contributed by atoms with Crippen molar-refractivity contribution in [2.75, 3.05) is 18.9 Å². The van der Waals surface area contributed by atoms with Gasteiger partial charge in [0, 0.05) is 12.6 Å². The number of anilines is 1. The van der Waals surface area contributed by atoms with E-state index in [4.69, 9.17) is 11.6 Å². The summed E-state index contributed by atoms with van der Waals surface area (Å²) in [5.74, 6) is -0.345. The van der Waals surface area contributed by atoms with Gasteiger partial charge >= 0.3 is 0 Å². The predicted molar refractivity (Wildman–Crippen MR) is 83.7 cm³/mol. The highest BCUT2D eigenvalue weighted by atomic mass is 35.5. The summed E-state index contributed by atoms with van der Waals surface area (Å²) in [5.41, 5.74) is 0.320. The van der Waals surface area contributed by atoms with Crippen molar-refractivity contribution in [3.8, 4) is 0 Å². The summed E-state index contributed by atoms with van der Waals surface area (Å²) in [6.45, 7) is 2.72. The molecule has 0 radical (unpaired) electrons. The summed E-state index contributed by atoms with van der Waals surface area (Å²) in [6.07, 6.45) is 2.88. The molecule has 1 heterocycles. The smallest absolute Gasteiger partial charge is 0.251 e. The average molecular weight is 310 g/mol. The van der Waals surface area contributed by atoms with Gasteiger partial charge in [-0.1, -0.05) is 11.6 Å². The number of halogens is 1. The number of rotatable bonds is 3. The first-order valence-corrected chi connectivity index (χ1v) is 7.42. The number of nitrogens with one attached hydrogen (secondary N) is 3. The molecule has 0 aromatic heterocycles. The van der Waals surface area contributed by atoms with Crippen molar-refractivity contribution in [2.45, 2.75) is 31.7 Å². The molecular weight excluding hydrogens is 290 g/mol. The third-order valence-electron chi connectivity index (χ3n) is 3.82. The minimum absolute atomic E-state index is 0.127. The van der Waals surface area contributed by atoms with E-state index in [0.717, 1.165) is 25.8 Å². The Bertz CT molecular complexity index is 554. The van der Waals surface area contributed by atoms with Crippen molar-refractivity contribution < 1.29 is 9.59 Å². The normalized spacial score (nSPS) is 21.7. The highest BCUT2D eigenvalue weighted by Gasteiger charge is 2.34. The largest absolute Gasteiger partial charge is 0.355 e. The van der Waals surface area contributed by atoms with E-state index in [1.807, 2.05) is 6.92 Å². The fourth-order valence-corrected chi connectivity index (χ4v) is 2.58. The number of carbonyl (C=O) groups excluding carboxylic acids is 2. The molecule has 1 saturated heterocycles. The Hall–Kier alpha value is -1.59. The molecule has 1 fully saturated rings. The van der Waals surface area contributed by atoms with Crippen LogP contribution >= 0.6 is 11.6 Å². The molecule has 3 N–H and O–H groups in total. The molecule has 21 heavy (non-hydrogen) atoms. The van der Waals surface area contributed by atoms with Crippen molar-refractivity contribution >= 4 is 29.1 Å². The lowest BCUT2D eigenvalue weighted by Crippen LogP contribution is -2.54. The molecule has 2 rings (SSSR count). The van der Waals surface area contributed by atoms with E-state index in [0.29, 0.717) is 16.3 Å². The van der Waals surface area contributed by atoms with Crippen LogP contribution in [0.3, 0.4) is 0 Å². The number of benzene rings is 1. The molecule has 6 heteroatoms. The van der Waals surface area contributed by atoms with Gasteiger partial charge in [-0.2, -0.15) is 0 Å². The minimum Gasteiger partial charge on any atom is -0.355 e. The first-order chi connectivity index (χ1) is 9.96. The van der Waals surface area contributed by atoms with Gasteiger partial charge in [0.05, 0.1) is 16.2 Å². The summed E-state index contributed by atoms with van der Waals surface area (Å²) < 4.78 is 0. The van der Waals surface area contributed by atoms with Gasteiger partial charge in [0.15, 0.2) is 0 Å². The Balaban J connectivity index is 2.18. The zero-order chi connectivity index (χ0) is 15.5. The van der Waals surface area contributed by atoms with Crippen molar-refractivity contribution in [3.63, 3.8) is 0 Å². The quantitative estimate of drug-likeness (QED) is 0.801. The molecule has 0 aliphatic carbocycles. The minimum atomic E-state index is -0.593. The Kier molecular flexibility index (Phi) is 4.85. The molecule has 0 bridgehead atoms. The van der Waals surface area contributed by atoms with Gasteiger partial charge in [-0.3, -0.25) is 9.59 Å². The zero-order valence-corrected chi connectivity index (χ0v) is 13.0. The van der Waals surface area contributed by atoms with Gasteiger partial charge in [0.1, 0.15) is 0 Å². The van der Waals surface area contributed by atoms with E-state index >= 15 is 0 Å². The van der Waals surface area contributed by atoms with Crippen LogP contribution in [0.15, 0.2) is 18.2 Å². The maximum Gasteiger partial charge on any atom is 0.251 e. The fraction of sp³-hybridized carbons (Fsp3) is 0.467. The standard InChI is InChI=1S/C15H20ClN3O2/c1-15(7-3-4-8-18-15)14(21)19-12-9-10(13(20)17-2)5-6-11(12)16/h5-6,9,18H,3-4,7-8H2,1-2H3,(H,17,20)(H,19,21). The van der Waals surface area contributed by atoms with E-state index in [-0.39, 0.29) is 11.8 Å². The first-order valence-electron chi connectivity index (χ1n) is 7.04. The fourth-order valence-electron chi connectivity index (χ4n) is 2.42. The third kappa shape index (κ3) is 3.54. The second-order valence-corrected chi connectivity index (χ2v) is 5.85. The number of carbonyl (C=O) groups is 2. The van der Waals surface area contributed by atoms with Crippen LogP contribution in [0.5, 0.6) is 0 Å². The molecule has 2 amide bonds. The molecule has 1 aliphatic rings. The average Bonchev–Trinajstić information content (AvgIpc) is 2.49. The van der Waals surface area contributed by atoms with Crippen LogP contribution in [-0.2, 0) is 4.79 Å². The number of amides is 2. The lowest BCUT2D eigenvalue weighted by Gasteiger charge is -2.33. The molecule has 0 saturated carbocycles. The van der Waals surface area contributed by atoms with Gasteiger partial charge in [-0.05, 0) is 50.9 Å². The van der Waals surface area contributed by atoms with E-state index in [1.54, 1.807) is 25.2 Å². The maximum atomic E-state index is 12.5. The van der Waals surface area contributed by atoms with Crippen LogP contribution in [0.25, 0.3) is 0 Å². The lowest BCUT2D eigenvalue weighted by molar-refractivity contribution is -0.122. The Morgan fingerprint density at radius 3 is 2.71 bits per heavy atom. The summed E-state index contributed by atoms with van der Waals surface area (Å²) in [6, 6.07) is 4.82. The van der Waals surface area contributed by atoms with Crippen LogP contribution in [0.2, 0.25) is 5.02 Å².